The summed E-state index contributed by atoms with van der Waals surface area (Å²) >= 11 is 0. The van der Waals surface area contributed by atoms with Gasteiger partial charge in [0, 0.05) is 36.1 Å². The molecule has 8 heteroatoms. The minimum atomic E-state index is -0.178. The van der Waals surface area contributed by atoms with E-state index in [9.17, 15) is 4.79 Å². The van der Waals surface area contributed by atoms with Crippen LogP contribution in [0.2, 0.25) is 0 Å². The van der Waals surface area contributed by atoms with E-state index in [2.05, 4.69) is 55.1 Å². The first-order chi connectivity index (χ1) is 15.8. The van der Waals surface area contributed by atoms with Crippen LogP contribution in [0.5, 0.6) is 0 Å². The van der Waals surface area contributed by atoms with E-state index in [0.29, 0.717) is 29.3 Å². The zero-order valence-corrected chi connectivity index (χ0v) is 19.1. The van der Waals surface area contributed by atoms with E-state index in [4.69, 9.17) is 9.97 Å². The SMILES string of the molecule is C=CCn1c(=O)c2cnc(Nc3ccc4c(c3)CNC4)nc2n1-c1cccc(C(C)(C)C)n1. The quantitative estimate of drug-likeness (QED) is 0.458. The van der Waals surface area contributed by atoms with Crippen molar-refractivity contribution in [1.82, 2.24) is 29.6 Å². The van der Waals surface area contributed by atoms with Crippen LogP contribution in [-0.4, -0.2) is 24.3 Å². The Labute approximate surface area is 192 Å². The van der Waals surface area contributed by atoms with Crippen LogP contribution in [0.1, 0.15) is 37.6 Å². The Morgan fingerprint density at radius 3 is 2.76 bits per heavy atom. The van der Waals surface area contributed by atoms with Crippen LogP contribution in [0, 0.1) is 0 Å². The van der Waals surface area contributed by atoms with E-state index in [0.717, 1.165) is 24.5 Å². The van der Waals surface area contributed by atoms with Gasteiger partial charge in [0.1, 0.15) is 5.39 Å². The van der Waals surface area contributed by atoms with Gasteiger partial charge in [-0.25, -0.2) is 19.3 Å². The molecule has 0 atom stereocenters. The Bertz CT molecular complexity index is 1430. The second-order valence-electron chi connectivity index (χ2n) is 9.26. The molecule has 0 amide bonds. The van der Waals surface area contributed by atoms with Crippen molar-refractivity contribution in [1.29, 1.82) is 0 Å². The number of nitrogens with zero attached hydrogens (tertiary/aromatic N) is 5. The highest BCUT2D eigenvalue weighted by Crippen LogP contribution is 2.24. The Morgan fingerprint density at radius 1 is 1.15 bits per heavy atom. The van der Waals surface area contributed by atoms with Crippen molar-refractivity contribution >= 4 is 22.7 Å². The molecule has 0 spiro atoms. The van der Waals surface area contributed by atoms with Crippen molar-refractivity contribution in [2.24, 2.45) is 0 Å². The zero-order chi connectivity index (χ0) is 23.2. The summed E-state index contributed by atoms with van der Waals surface area (Å²) in [6.07, 6.45) is 3.27. The fraction of sp³-hybridized carbons (Fsp3) is 0.280. The number of rotatable bonds is 5. The smallest absolute Gasteiger partial charge is 0.278 e. The van der Waals surface area contributed by atoms with Gasteiger partial charge in [0.25, 0.3) is 5.56 Å². The summed E-state index contributed by atoms with van der Waals surface area (Å²) in [5.41, 5.74) is 4.59. The largest absolute Gasteiger partial charge is 0.324 e. The molecule has 5 rings (SSSR count). The van der Waals surface area contributed by atoms with E-state index < -0.39 is 0 Å². The number of allylic oxidation sites excluding steroid dienone is 1. The van der Waals surface area contributed by atoms with Crippen molar-refractivity contribution < 1.29 is 0 Å². The number of anilines is 2. The summed E-state index contributed by atoms with van der Waals surface area (Å²) in [7, 11) is 0. The lowest BCUT2D eigenvalue weighted by Gasteiger charge is -2.19. The van der Waals surface area contributed by atoms with Crippen molar-refractivity contribution in [3.05, 3.63) is 82.4 Å². The van der Waals surface area contributed by atoms with E-state index in [1.54, 1.807) is 21.6 Å². The zero-order valence-electron chi connectivity index (χ0n) is 19.1. The van der Waals surface area contributed by atoms with Crippen LogP contribution in [-0.2, 0) is 25.0 Å². The minimum Gasteiger partial charge on any atom is -0.324 e. The van der Waals surface area contributed by atoms with E-state index in [1.807, 2.05) is 24.3 Å². The first-order valence-electron chi connectivity index (χ1n) is 11.0. The lowest BCUT2D eigenvalue weighted by atomic mass is 9.92. The number of pyridine rings is 1. The molecule has 1 aliphatic rings. The van der Waals surface area contributed by atoms with Crippen molar-refractivity contribution in [3.8, 4) is 5.82 Å². The summed E-state index contributed by atoms with van der Waals surface area (Å²) in [5, 5.41) is 7.07. The van der Waals surface area contributed by atoms with E-state index >= 15 is 0 Å². The maximum atomic E-state index is 13.2. The number of nitrogens with one attached hydrogen (secondary N) is 2. The third-order valence-electron chi connectivity index (χ3n) is 5.79. The Hall–Kier alpha value is -3.78. The Kier molecular flexibility index (Phi) is 5.09. The predicted octanol–water partition coefficient (Wildman–Crippen LogP) is 3.81. The molecule has 4 heterocycles. The molecule has 0 aliphatic carbocycles. The van der Waals surface area contributed by atoms with Gasteiger partial charge in [-0.3, -0.25) is 4.79 Å². The van der Waals surface area contributed by atoms with Crippen molar-refractivity contribution in [3.63, 3.8) is 0 Å². The minimum absolute atomic E-state index is 0.132. The van der Waals surface area contributed by atoms with Crippen LogP contribution in [0.15, 0.2) is 60.0 Å². The number of hydrogen-bond acceptors (Lipinski definition) is 6. The highest BCUT2D eigenvalue weighted by Gasteiger charge is 2.21. The Balaban J connectivity index is 1.64. The lowest BCUT2D eigenvalue weighted by molar-refractivity contribution is 0.554. The van der Waals surface area contributed by atoms with Gasteiger partial charge in [-0.05, 0) is 35.4 Å². The molecule has 168 valence electrons. The number of hydrogen-bond donors (Lipinski definition) is 2. The third kappa shape index (κ3) is 3.82. The van der Waals surface area contributed by atoms with Crippen LogP contribution in [0.25, 0.3) is 16.9 Å². The second-order valence-corrected chi connectivity index (χ2v) is 9.26. The second kappa shape index (κ2) is 7.97. The first-order valence-corrected chi connectivity index (χ1v) is 11.0. The van der Waals surface area contributed by atoms with Gasteiger partial charge >= 0.3 is 0 Å². The van der Waals surface area contributed by atoms with Gasteiger partial charge in [0.05, 0.1) is 6.54 Å². The highest BCUT2D eigenvalue weighted by atomic mass is 16.1. The van der Waals surface area contributed by atoms with E-state index in [1.165, 1.54) is 11.1 Å². The van der Waals surface area contributed by atoms with Gasteiger partial charge in [0.2, 0.25) is 5.95 Å². The molecule has 0 fully saturated rings. The molecule has 0 bridgehead atoms. The standard InChI is InChI=1S/C25H27N7O/c1-5-11-31-23(33)19-15-27-24(28-18-10-9-16-13-26-14-17(16)12-18)30-22(19)32(31)21-8-6-7-20(29-21)25(2,3)4/h5-10,12,15,26H,1,11,13-14H2,2-4H3,(H,27,28,30). The molecule has 3 aromatic heterocycles. The van der Waals surface area contributed by atoms with Crippen LogP contribution in [0.4, 0.5) is 11.6 Å². The fourth-order valence-corrected chi connectivity index (χ4v) is 4.07. The van der Waals surface area contributed by atoms with Gasteiger partial charge in [-0.1, -0.05) is 39.0 Å². The van der Waals surface area contributed by atoms with Crippen LogP contribution in [0.3, 0.4) is 0 Å². The lowest BCUT2D eigenvalue weighted by Crippen LogP contribution is -2.23. The van der Waals surface area contributed by atoms with Gasteiger partial charge in [0.15, 0.2) is 11.5 Å². The molecular formula is C25H27N7O. The van der Waals surface area contributed by atoms with Crippen molar-refractivity contribution in [2.75, 3.05) is 5.32 Å². The highest BCUT2D eigenvalue weighted by molar-refractivity contribution is 5.77. The van der Waals surface area contributed by atoms with Gasteiger partial charge < -0.3 is 10.6 Å². The van der Waals surface area contributed by atoms with Gasteiger partial charge in [-0.15, -0.1) is 6.58 Å². The average Bonchev–Trinajstić information content (AvgIpc) is 3.36. The van der Waals surface area contributed by atoms with E-state index in [-0.39, 0.29) is 11.0 Å². The summed E-state index contributed by atoms with van der Waals surface area (Å²) in [6, 6.07) is 12.1. The van der Waals surface area contributed by atoms with Gasteiger partial charge in [-0.2, -0.15) is 4.98 Å². The summed E-state index contributed by atoms with van der Waals surface area (Å²) in [4.78, 5) is 27.1. The molecule has 0 radical (unpaired) electrons. The van der Waals surface area contributed by atoms with Crippen LogP contribution < -0.4 is 16.2 Å². The monoisotopic (exact) mass is 441 g/mol. The Morgan fingerprint density at radius 2 is 1.97 bits per heavy atom. The number of fused-ring (bicyclic) bond motifs is 2. The normalized spacial score (nSPS) is 13.3. The van der Waals surface area contributed by atoms with Crippen molar-refractivity contribution in [2.45, 2.75) is 45.8 Å². The first kappa shape index (κ1) is 21.1. The summed E-state index contributed by atoms with van der Waals surface area (Å²) in [6.45, 7) is 12.2. The maximum absolute atomic E-state index is 13.2. The fourth-order valence-electron chi connectivity index (χ4n) is 4.07. The molecule has 2 N–H and O–H groups in total. The molecule has 0 unspecified atom stereocenters. The molecule has 1 aliphatic heterocycles. The maximum Gasteiger partial charge on any atom is 0.278 e. The third-order valence-corrected chi connectivity index (χ3v) is 5.79. The summed E-state index contributed by atoms with van der Waals surface area (Å²) < 4.78 is 3.35. The predicted molar refractivity (Wildman–Crippen MR) is 130 cm³/mol. The molecule has 1 aromatic carbocycles. The summed E-state index contributed by atoms with van der Waals surface area (Å²) in [5.74, 6) is 1.05. The number of aromatic nitrogens is 5. The molecule has 0 saturated carbocycles. The molecule has 0 saturated heterocycles. The molecule has 33 heavy (non-hydrogen) atoms. The average molecular weight is 442 g/mol. The van der Waals surface area contributed by atoms with Crippen LogP contribution >= 0.6 is 0 Å². The molecule has 8 nitrogen and oxygen atoms in total. The molecular weight excluding hydrogens is 414 g/mol. The number of benzene rings is 1. The molecule has 4 aromatic rings. The topological polar surface area (TPSA) is 89.7 Å².